The number of hydrogen-bond donors (Lipinski definition) is 3. The number of aliphatic hydroxyl groups is 1. The maximum absolute atomic E-state index is 13.8. The number of halogens is 4. The first-order chi connectivity index (χ1) is 16.5. The van der Waals surface area contributed by atoms with E-state index in [4.69, 9.17) is 9.47 Å². The highest BCUT2D eigenvalue weighted by atomic mass is 19.3. The summed E-state index contributed by atoms with van der Waals surface area (Å²) in [5.74, 6) is -3.45. The molecule has 3 N–H and O–H groups in total. The van der Waals surface area contributed by atoms with E-state index < -0.39 is 36.3 Å². The number of aliphatic hydroxyl groups excluding tert-OH is 1. The zero-order chi connectivity index (χ0) is 25.4. The SMILES string of the molecule is Cc1nc(CC(=O)NC2(C(F)F)CC2)c(C2OCCO2)c(NC(O)c2cccc(C(C)(F)F)c2)n1. The molecule has 1 atom stereocenters. The summed E-state index contributed by atoms with van der Waals surface area (Å²) in [6, 6.07) is 5.28. The quantitative estimate of drug-likeness (QED) is 0.359. The Morgan fingerprint density at radius 1 is 1.26 bits per heavy atom. The van der Waals surface area contributed by atoms with Crippen LogP contribution in [-0.4, -0.2) is 46.2 Å². The van der Waals surface area contributed by atoms with Crippen LogP contribution in [0.4, 0.5) is 23.4 Å². The van der Waals surface area contributed by atoms with Gasteiger partial charge in [-0.15, -0.1) is 0 Å². The predicted molar refractivity (Wildman–Crippen MR) is 116 cm³/mol. The van der Waals surface area contributed by atoms with E-state index in [2.05, 4.69) is 20.6 Å². The molecule has 2 aromatic rings. The average Bonchev–Trinajstić information content (AvgIpc) is 3.36. The minimum absolute atomic E-state index is 0.0726. The van der Waals surface area contributed by atoms with E-state index in [1.165, 1.54) is 24.3 Å². The van der Waals surface area contributed by atoms with Gasteiger partial charge in [0.25, 0.3) is 12.3 Å². The largest absolute Gasteiger partial charge is 0.369 e. The van der Waals surface area contributed by atoms with E-state index in [1.54, 1.807) is 6.92 Å². The van der Waals surface area contributed by atoms with Crippen molar-refractivity contribution in [2.45, 2.75) is 63.5 Å². The standard InChI is InChI=1S/C23H26F4N4O4/c1-12-28-15(11-16(32)31-23(6-7-23)21(24)25)17(20-34-8-9-35-20)18(29-12)30-19(33)13-4-3-5-14(10-13)22(2,26)27/h3-5,10,19-21,33H,6-9,11H2,1-2H3,(H,31,32)(H,28,29,30). The third-order valence-electron chi connectivity index (χ3n) is 5.90. The first-order valence-electron chi connectivity index (χ1n) is 11.1. The van der Waals surface area contributed by atoms with Gasteiger partial charge in [0.2, 0.25) is 5.91 Å². The van der Waals surface area contributed by atoms with Crippen LogP contribution < -0.4 is 10.6 Å². The van der Waals surface area contributed by atoms with Gasteiger partial charge in [0.1, 0.15) is 17.2 Å². The minimum Gasteiger partial charge on any atom is -0.369 e. The molecule has 35 heavy (non-hydrogen) atoms. The molecule has 1 amide bonds. The molecule has 12 heteroatoms. The van der Waals surface area contributed by atoms with Crippen LogP contribution in [0.2, 0.25) is 0 Å². The molecule has 2 aliphatic rings. The fourth-order valence-corrected chi connectivity index (χ4v) is 3.86. The van der Waals surface area contributed by atoms with Crippen LogP contribution in [0.1, 0.15) is 60.5 Å². The molecular weight excluding hydrogens is 472 g/mol. The second-order valence-corrected chi connectivity index (χ2v) is 8.80. The lowest BCUT2D eigenvalue weighted by atomic mass is 10.0. The molecule has 1 saturated heterocycles. The van der Waals surface area contributed by atoms with Crippen LogP contribution >= 0.6 is 0 Å². The van der Waals surface area contributed by atoms with E-state index in [9.17, 15) is 27.5 Å². The van der Waals surface area contributed by atoms with Crippen molar-refractivity contribution >= 4 is 11.7 Å². The van der Waals surface area contributed by atoms with E-state index in [-0.39, 0.29) is 66.5 Å². The summed E-state index contributed by atoms with van der Waals surface area (Å²) >= 11 is 0. The van der Waals surface area contributed by atoms with E-state index in [1.807, 2.05) is 0 Å². The Balaban J connectivity index is 1.63. The monoisotopic (exact) mass is 498 g/mol. The van der Waals surface area contributed by atoms with Crippen molar-refractivity contribution in [3.8, 4) is 0 Å². The lowest BCUT2D eigenvalue weighted by Crippen LogP contribution is -2.43. The number of nitrogens with zero attached hydrogens (tertiary/aromatic N) is 2. The maximum atomic E-state index is 13.8. The van der Waals surface area contributed by atoms with Crippen LogP contribution in [0.15, 0.2) is 24.3 Å². The number of anilines is 1. The smallest absolute Gasteiger partial charge is 0.270 e. The van der Waals surface area contributed by atoms with Gasteiger partial charge in [-0.3, -0.25) is 4.79 Å². The van der Waals surface area contributed by atoms with Gasteiger partial charge in [0, 0.05) is 18.1 Å². The molecule has 1 aromatic carbocycles. The Morgan fingerprint density at radius 2 is 1.94 bits per heavy atom. The Kier molecular flexibility index (Phi) is 6.98. The molecule has 1 unspecified atom stereocenters. The number of hydrogen-bond acceptors (Lipinski definition) is 7. The summed E-state index contributed by atoms with van der Waals surface area (Å²) < 4.78 is 65.2. The molecule has 8 nitrogen and oxygen atoms in total. The van der Waals surface area contributed by atoms with Crippen molar-refractivity contribution in [2.75, 3.05) is 18.5 Å². The number of amides is 1. The number of aryl methyl sites for hydroxylation is 1. The topological polar surface area (TPSA) is 106 Å². The molecule has 1 aliphatic heterocycles. The number of nitrogens with one attached hydrogen (secondary N) is 2. The van der Waals surface area contributed by atoms with Gasteiger partial charge in [-0.1, -0.05) is 18.2 Å². The predicted octanol–water partition coefficient (Wildman–Crippen LogP) is 3.50. The Hall–Kier alpha value is -2.83. The second-order valence-electron chi connectivity index (χ2n) is 8.80. The number of aromatic nitrogens is 2. The first-order valence-corrected chi connectivity index (χ1v) is 11.1. The van der Waals surface area contributed by atoms with Crippen molar-refractivity contribution in [1.29, 1.82) is 0 Å². The van der Waals surface area contributed by atoms with Crippen LogP contribution in [0, 0.1) is 6.92 Å². The van der Waals surface area contributed by atoms with Gasteiger partial charge in [0.05, 0.1) is 30.9 Å². The molecule has 2 heterocycles. The Labute approximate surface area is 199 Å². The van der Waals surface area contributed by atoms with E-state index in [0.29, 0.717) is 0 Å². The first kappa shape index (κ1) is 25.3. The van der Waals surface area contributed by atoms with Gasteiger partial charge in [-0.25, -0.2) is 27.5 Å². The lowest BCUT2D eigenvalue weighted by Gasteiger charge is -2.23. The fourth-order valence-electron chi connectivity index (χ4n) is 3.86. The summed E-state index contributed by atoms with van der Waals surface area (Å²) in [5, 5.41) is 15.9. The molecule has 1 aromatic heterocycles. The highest BCUT2D eigenvalue weighted by molar-refractivity contribution is 5.80. The van der Waals surface area contributed by atoms with E-state index >= 15 is 0 Å². The molecule has 1 saturated carbocycles. The van der Waals surface area contributed by atoms with Crippen LogP contribution in [0.5, 0.6) is 0 Å². The van der Waals surface area contributed by atoms with Crippen molar-refractivity contribution in [1.82, 2.24) is 15.3 Å². The molecule has 1 aliphatic carbocycles. The number of ether oxygens (including phenoxy) is 2. The van der Waals surface area contributed by atoms with Crippen LogP contribution in [-0.2, 0) is 26.6 Å². The number of carbonyl (C=O) groups excluding carboxylic acids is 1. The van der Waals surface area contributed by atoms with Crippen LogP contribution in [0.3, 0.4) is 0 Å². The summed E-state index contributed by atoms with van der Waals surface area (Å²) in [6.45, 7) is 2.82. The molecular formula is C23H26F4N4O4. The average molecular weight is 498 g/mol. The third kappa shape index (κ3) is 5.71. The van der Waals surface area contributed by atoms with Crippen LogP contribution in [0.25, 0.3) is 0 Å². The van der Waals surface area contributed by atoms with Crippen molar-refractivity contribution in [2.24, 2.45) is 0 Å². The maximum Gasteiger partial charge on any atom is 0.270 e. The Morgan fingerprint density at radius 3 is 2.54 bits per heavy atom. The lowest BCUT2D eigenvalue weighted by molar-refractivity contribution is -0.122. The Bertz CT molecular complexity index is 1090. The summed E-state index contributed by atoms with van der Waals surface area (Å²) in [6.07, 6.45) is -5.06. The second kappa shape index (κ2) is 9.67. The molecule has 0 radical (unpaired) electrons. The number of alkyl halides is 4. The van der Waals surface area contributed by atoms with Gasteiger partial charge < -0.3 is 25.2 Å². The minimum atomic E-state index is -3.10. The van der Waals surface area contributed by atoms with Gasteiger partial charge in [-0.2, -0.15) is 0 Å². The van der Waals surface area contributed by atoms with Crippen molar-refractivity contribution < 1.29 is 36.9 Å². The van der Waals surface area contributed by atoms with Gasteiger partial charge in [0.15, 0.2) is 12.5 Å². The molecule has 4 rings (SSSR count). The molecule has 2 fully saturated rings. The zero-order valence-corrected chi connectivity index (χ0v) is 19.2. The number of benzene rings is 1. The zero-order valence-electron chi connectivity index (χ0n) is 19.2. The summed E-state index contributed by atoms with van der Waals surface area (Å²) in [7, 11) is 0. The highest BCUT2D eigenvalue weighted by Crippen LogP contribution is 2.41. The highest BCUT2D eigenvalue weighted by Gasteiger charge is 2.52. The molecule has 0 spiro atoms. The number of rotatable bonds is 9. The molecule has 190 valence electrons. The fraction of sp³-hybridized carbons (Fsp3) is 0.522. The van der Waals surface area contributed by atoms with E-state index in [0.717, 1.165) is 6.92 Å². The summed E-state index contributed by atoms with van der Waals surface area (Å²) in [5.41, 5.74) is -1.23. The van der Waals surface area contributed by atoms with Gasteiger partial charge >= 0.3 is 0 Å². The third-order valence-corrected chi connectivity index (χ3v) is 5.90. The molecule has 0 bridgehead atoms. The normalized spacial score (nSPS) is 18.5. The number of carbonyl (C=O) groups is 1. The summed E-state index contributed by atoms with van der Waals surface area (Å²) in [4.78, 5) is 21.2. The van der Waals surface area contributed by atoms with Gasteiger partial charge in [-0.05, 0) is 25.8 Å². The van der Waals surface area contributed by atoms with Crippen molar-refractivity contribution in [3.05, 3.63) is 52.5 Å². The van der Waals surface area contributed by atoms with Crippen molar-refractivity contribution in [3.63, 3.8) is 0 Å².